The van der Waals surface area contributed by atoms with E-state index < -0.39 is 11.7 Å². The van der Waals surface area contributed by atoms with E-state index in [0.29, 0.717) is 30.3 Å². The predicted molar refractivity (Wildman–Crippen MR) is 69.9 cm³/mol. The molecule has 0 saturated heterocycles. The molecule has 0 atom stereocenters. The fourth-order valence-corrected chi connectivity index (χ4v) is 2.40. The molecule has 19 heavy (non-hydrogen) atoms. The van der Waals surface area contributed by atoms with Gasteiger partial charge in [0.25, 0.3) is 0 Å². The molecule has 0 spiro atoms. The van der Waals surface area contributed by atoms with Crippen molar-refractivity contribution in [2.45, 2.75) is 19.1 Å². The second-order valence-corrected chi connectivity index (χ2v) is 5.04. The fraction of sp³-hybridized carbons (Fsp3) is 0.385. The van der Waals surface area contributed by atoms with Gasteiger partial charge in [0.2, 0.25) is 0 Å². The van der Waals surface area contributed by atoms with Crippen LogP contribution in [0.25, 0.3) is 0 Å². The molecule has 6 heteroatoms. The molecule has 0 radical (unpaired) electrons. The monoisotopic (exact) mass is 290 g/mol. The van der Waals surface area contributed by atoms with Gasteiger partial charge in [0.15, 0.2) is 0 Å². The highest BCUT2D eigenvalue weighted by Gasteiger charge is 2.34. The number of nitrogens with two attached hydrogens (primary N) is 1. The number of alkyl halides is 3. The van der Waals surface area contributed by atoms with E-state index in [1.165, 1.54) is 6.08 Å². The SMILES string of the molecule is Nc1cc(Cl)cc(CN2CC=C(C(F)(F)F)CC2)c1. The lowest BCUT2D eigenvalue weighted by Gasteiger charge is -2.27. The van der Waals surface area contributed by atoms with Crippen molar-refractivity contribution in [1.29, 1.82) is 0 Å². The molecule has 0 saturated carbocycles. The molecular formula is C13H14ClF3N2. The molecule has 2 nitrogen and oxygen atoms in total. The summed E-state index contributed by atoms with van der Waals surface area (Å²) >= 11 is 5.89. The average molecular weight is 291 g/mol. The Hall–Kier alpha value is -1.20. The van der Waals surface area contributed by atoms with Gasteiger partial charge < -0.3 is 5.73 Å². The molecule has 0 bridgehead atoms. The van der Waals surface area contributed by atoms with Crippen molar-refractivity contribution in [1.82, 2.24) is 4.90 Å². The molecule has 2 rings (SSSR count). The first kappa shape index (κ1) is 14.2. The Bertz CT molecular complexity index is 477. The van der Waals surface area contributed by atoms with E-state index in [4.69, 9.17) is 17.3 Å². The van der Waals surface area contributed by atoms with Gasteiger partial charge in [0.05, 0.1) is 0 Å². The summed E-state index contributed by atoms with van der Waals surface area (Å²) in [5, 5.41) is 0.540. The summed E-state index contributed by atoms with van der Waals surface area (Å²) in [7, 11) is 0. The zero-order valence-corrected chi connectivity index (χ0v) is 10.9. The summed E-state index contributed by atoms with van der Waals surface area (Å²) in [5.74, 6) is 0. The molecule has 1 heterocycles. The van der Waals surface area contributed by atoms with Crippen molar-refractivity contribution < 1.29 is 13.2 Å². The quantitative estimate of drug-likeness (QED) is 0.666. The van der Waals surface area contributed by atoms with Crippen molar-refractivity contribution in [3.63, 3.8) is 0 Å². The summed E-state index contributed by atoms with van der Waals surface area (Å²) in [6, 6.07) is 5.21. The van der Waals surface area contributed by atoms with E-state index in [1.807, 2.05) is 4.90 Å². The lowest BCUT2D eigenvalue weighted by Crippen LogP contribution is -2.31. The molecule has 0 aromatic heterocycles. The van der Waals surface area contributed by atoms with Gasteiger partial charge in [-0.15, -0.1) is 0 Å². The first-order valence-corrected chi connectivity index (χ1v) is 6.26. The molecule has 0 aliphatic carbocycles. The highest BCUT2D eigenvalue weighted by molar-refractivity contribution is 6.30. The van der Waals surface area contributed by atoms with Crippen molar-refractivity contribution >= 4 is 17.3 Å². The molecule has 0 amide bonds. The van der Waals surface area contributed by atoms with Crippen molar-refractivity contribution in [2.24, 2.45) is 0 Å². The van der Waals surface area contributed by atoms with Crippen LogP contribution in [0.4, 0.5) is 18.9 Å². The highest BCUT2D eigenvalue weighted by atomic mass is 35.5. The predicted octanol–water partition coefficient (Wildman–Crippen LogP) is 3.62. The Morgan fingerprint density at radius 1 is 1.26 bits per heavy atom. The van der Waals surface area contributed by atoms with Crippen molar-refractivity contribution in [2.75, 3.05) is 18.8 Å². The van der Waals surface area contributed by atoms with Gasteiger partial charge in [-0.1, -0.05) is 17.7 Å². The van der Waals surface area contributed by atoms with Gasteiger partial charge in [0, 0.05) is 35.9 Å². The van der Waals surface area contributed by atoms with Gasteiger partial charge in [-0.3, -0.25) is 4.90 Å². The zero-order valence-electron chi connectivity index (χ0n) is 10.2. The number of benzene rings is 1. The third-order valence-corrected chi connectivity index (χ3v) is 3.26. The van der Waals surface area contributed by atoms with Crippen LogP contribution in [0.1, 0.15) is 12.0 Å². The molecule has 0 unspecified atom stereocenters. The Morgan fingerprint density at radius 3 is 2.53 bits per heavy atom. The number of halogens is 4. The van der Waals surface area contributed by atoms with Crippen LogP contribution in [0.3, 0.4) is 0 Å². The summed E-state index contributed by atoms with van der Waals surface area (Å²) in [4.78, 5) is 1.93. The Balaban J connectivity index is 2.01. The summed E-state index contributed by atoms with van der Waals surface area (Å²) < 4.78 is 37.4. The Kier molecular flexibility index (Phi) is 4.06. The Labute approximate surface area is 114 Å². The third-order valence-electron chi connectivity index (χ3n) is 3.04. The van der Waals surface area contributed by atoms with Crippen LogP contribution >= 0.6 is 11.6 Å². The number of rotatable bonds is 2. The molecule has 2 N–H and O–H groups in total. The van der Waals surface area contributed by atoms with E-state index in [-0.39, 0.29) is 6.42 Å². The van der Waals surface area contributed by atoms with Crippen LogP contribution in [0, 0.1) is 0 Å². The normalized spacial score (nSPS) is 17.4. The van der Waals surface area contributed by atoms with E-state index >= 15 is 0 Å². The number of hydrogen-bond acceptors (Lipinski definition) is 2. The van der Waals surface area contributed by atoms with Gasteiger partial charge in [0.1, 0.15) is 0 Å². The van der Waals surface area contributed by atoms with Gasteiger partial charge in [-0.25, -0.2) is 0 Å². The number of hydrogen-bond donors (Lipinski definition) is 1. The summed E-state index contributed by atoms with van der Waals surface area (Å²) in [6.07, 6.45) is -2.93. The van der Waals surface area contributed by atoms with E-state index in [9.17, 15) is 13.2 Å². The first-order valence-electron chi connectivity index (χ1n) is 5.88. The van der Waals surface area contributed by atoms with Gasteiger partial charge in [-0.05, 0) is 30.2 Å². The molecular weight excluding hydrogens is 277 g/mol. The van der Waals surface area contributed by atoms with Crippen LogP contribution in [0.2, 0.25) is 5.02 Å². The van der Waals surface area contributed by atoms with Crippen LogP contribution in [0.5, 0.6) is 0 Å². The lowest BCUT2D eigenvalue weighted by molar-refractivity contribution is -0.0960. The van der Waals surface area contributed by atoms with Crippen molar-refractivity contribution in [3.05, 3.63) is 40.4 Å². The third kappa shape index (κ3) is 3.88. The molecule has 1 aliphatic heterocycles. The highest BCUT2D eigenvalue weighted by Crippen LogP contribution is 2.30. The molecule has 1 aromatic rings. The first-order chi connectivity index (χ1) is 8.84. The average Bonchev–Trinajstić information content (AvgIpc) is 2.26. The van der Waals surface area contributed by atoms with E-state index in [2.05, 4.69) is 0 Å². The smallest absolute Gasteiger partial charge is 0.399 e. The summed E-state index contributed by atoms with van der Waals surface area (Å²) in [5.41, 5.74) is 6.72. The molecule has 1 aliphatic rings. The summed E-state index contributed by atoms with van der Waals surface area (Å²) in [6.45, 7) is 1.23. The maximum Gasteiger partial charge on any atom is 0.412 e. The topological polar surface area (TPSA) is 29.3 Å². The largest absolute Gasteiger partial charge is 0.412 e. The van der Waals surface area contributed by atoms with Gasteiger partial charge >= 0.3 is 6.18 Å². The van der Waals surface area contributed by atoms with E-state index in [1.54, 1.807) is 18.2 Å². The lowest BCUT2D eigenvalue weighted by atomic mass is 10.1. The van der Waals surface area contributed by atoms with Crippen LogP contribution < -0.4 is 5.73 Å². The second kappa shape index (κ2) is 5.43. The molecule has 104 valence electrons. The van der Waals surface area contributed by atoms with Crippen LogP contribution in [-0.4, -0.2) is 24.2 Å². The van der Waals surface area contributed by atoms with Crippen molar-refractivity contribution in [3.8, 4) is 0 Å². The zero-order chi connectivity index (χ0) is 14.0. The van der Waals surface area contributed by atoms with Gasteiger partial charge in [-0.2, -0.15) is 13.2 Å². The number of nitrogen functional groups attached to an aromatic ring is 1. The maximum absolute atomic E-state index is 12.5. The number of anilines is 1. The van der Waals surface area contributed by atoms with Crippen LogP contribution in [-0.2, 0) is 6.54 Å². The maximum atomic E-state index is 12.5. The minimum atomic E-state index is -4.20. The number of nitrogens with zero attached hydrogens (tertiary/aromatic N) is 1. The fourth-order valence-electron chi connectivity index (χ4n) is 2.14. The Morgan fingerprint density at radius 2 is 2.00 bits per heavy atom. The minimum Gasteiger partial charge on any atom is -0.399 e. The van der Waals surface area contributed by atoms with Crippen LogP contribution in [0.15, 0.2) is 29.8 Å². The molecule has 1 aromatic carbocycles. The standard InChI is InChI=1S/C13H14ClF3N2/c14-11-5-9(6-12(18)7-11)8-19-3-1-10(2-4-19)13(15,16)17/h1,5-7H,2-4,8,18H2. The molecule has 0 fully saturated rings. The second-order valence-electron chi connectivity index (χ2n) is 4.61. The minimum absolute atomic E-state index is 0.0273. The van der Waals surface area contributed by atoms with E-state index in [0.717, 1.165) is 5.56 Å².